The van der Waals surface area contributed by atoms with Crippen molar-refractivity contribution in [1.29, 1.82) is 0 Å². The first-order chi connectivity index (χ1) is 15.7. The molecule has 1 aromatic heterocycles. The molecule has 1 saturated carbocycles. The first-order valence-corrected chi connectivity index (χ1v) is 12.0. The van der Waals surface area contributed by atoms with E-state index in [0.717, 1.165) is 79.9 Å². The van der Waals surface area contributed by atoms with Gasteiger partial charge in [-0.2, -0.15) is 5.10 Å². The first kappa shape index (κ1) is 25.6. The molecule has 2 aliphatic rings. The fraction of sp³-hybridized carbons (Fsp3) is 0.625. The molecule has 4 rings (SSSR count). The molecule has 2 heterocycles. The minimum atomic E-state index is 0. The average molecular weight is 569 g/mol. The highest BCUT2D eigenvalue weighted by molar-refractivity contribution is 14.0. The Hall–Kier alpha value is -2.04. The zero-order chi connectivity index (χ0) is 22.3. The van der Waals surface area contributed by atoms with Gasteiger partial charge in [0, 0.05) is 37.1 Å². The Kier molecular flexibility index (Phi) is 9.64. The van der Waals surface area contributed by atoms with Crippen LogP contribution in [0, 0.1) is 0 Å². The number of halogens is 1. The Balaban J connectivity index is 0.00000306. The van der Waals surface area contributed by atoms with E-state index in [2.05, 4.69) is 40.6 Å². The van der Waals surface area contributed by atoms with Gasteiger partial charge < -0.3 is 20.1 Å². The molecule has 1 fully saturated rings. The number of aryl methyl sites for hydroxylation is 2. The number of fused-ring (bicyclic) bond motifs is 1. The standard InChI is InChI=1S/C24H36N6O2.HI/c1-4-22-28-23-13-11-18(16-30(23)29-22)27-24(25-5-2)26-15-17-10-12-20(31-3)14-21(17)32-19-8-6-7-9-19;/h10,12,14,18-19H,4-9,11,13,15-16H2,1-3H3,(H2,25,26,27);1H. The Morgan fingerprint density at radius 1 is 1.21 bits per heavy atom. The van der Waals surface area contributed by atoms with Crippen LogP contribution in [0.3, 0.4) is 0 Å². The number of nitrogens with zero attached hydrogens (tertiary/aromatic N) is 4. The van der Waals surface area contributed by atoms with E-state index in [1.165, 1.54) is 12.8 Å². The van der Waals surface area contributed by atoms with Crippen LogP contribution in [0.1, 0.15) is 63.2 Å². The van der Waals surface area contributed by atoms with Crippen LogP contribution >= 0.6 is 24.0 Å². The van der Waals surface area contributed by atoms with Crippen LogP contribution in [-0.2, 0) is 25.9 Å². The lowest BCUT2D eigenvalue weighted by atomic mass is 10.1. The Bertz CT molecular complexity index is 926. The molecule has 2 aromatic rings. The van der Waals surface area contributed by atoms with Crippen LogP contribution < -0.4 is 20.1 Å². The van der Waals surface area contributed by atoms with Crippen molar-refractivity contribution < 1.29 is 9.47 Å². The quantitative estimate of drug-likeness (QED) is 0.286. The third kappa shape index (κ3) is 6.74. The van der Waals surface area contributed by atoms with Crippen molar-refractivity contribution in [3.05, 3.63) is 35.4 Å². The number of rotatable bonds is 8. The number of benzene rings is 1. The smallest absolute Gasteiger partial charge is 0.191 e. The second-order valence-electron chi connectivity index (χ2n) is 8.55. The van der Waals surface area contributed by atoms with Crippen molar-refractivity contribution in [1.82, 2.24) is 25.4 Å². The molecule has 0 amide bonds. The van der Waals surface area contributed by atoms with Gasteiger partial charge in [-0.1, -0.05) is 6.92 Å². The van der Waals surface area contributed by atoms with Crippen LogP contribution in [-0.4, -0.2) is 46.5 Å². The number of hydrogen-bond donors (Lipinski definition) is 2. The minimum Gasteiger partial charge on any atom is -0.497 e. The van der Waals surface area contributed by atoms with Gasteiger partial charge in [0.25, 0.3) is 0 Å². The predicted octanol–water partition coefficient (Wildman–Crippen LogP) is 3.86. The fourth-order valence-electron chi connectivity index (χ4n) is 4.39. The number of methoxy groups -OCH3 is 1. The van der Waals surface area contributed by atoms with Crippen molar-refractivity contribution in [3.63, 3.8) is 0 Å². The van der Waals surface area contributed by atoms with E-state index in [4.69, 9.17) is 14.5 Å². The normalized spacial score (nSPS) is 18.4. The lowest BCUT2D eigenvalue weighted by Gasteiger charge is -2.25. The molecule has 8 nitrogen and oxygen atoms in total. The van der Waals surface area contributed by atoms with Gasteiger partial charge in [-0.3, -0.25) is 0 Å². The molecule has 182 valence electrons. The van der Waals surface area contributed by atoms with Crippen molar-refractivity contribution in [2.24, 2.45) is 4.99 Å². The number of ether oxygens (including phenoxy) is 2. The van der Waals surface area contributed by atoms with Crippen molar-refractivity contribution in [3.8, 4) is 11.5 Å². The van der Waals surface area contributed by atoms with Crippen LogP contribution in [0.5, 0.6) is 11.5 Å². The summed E-state index contributed by atoms with van der Waals surface area (Å²) in [4.78, 5) is 9.49. The van der Waals surface area contributed by atoms with Crippen LogP contribution in [0.15, 0.2) is 23.2 Å². The zero-order valence-electron chi connectivity index (χ0n) is 20.0. The molecular weight excluding hydrogens is 531 g/mol. The molecule has 1 aliphatic heterocycles. The van der Waals surface area contributed by atoms with E-state index >= 15 is 0 Å². The van der Waals surface area contributed by atoms with Gasteiger partial charge in [-0.05, 0) is 51.2 Å². The maximum atomic E-state index is 6.33. The number of hydrogen-bond acceptors (Lipinski definition) is 5. The van der Waals surface area contributed by atoms with E-state index in [1.54, 1.807) is 7.11 Å². The summed E-state index contributed by atoms with van der Waals surface area (Å²) in [6.45, 7) is 6.34. The number of aromatic nitrogens is 3. The van der Waals surface area contributed by atoms with Crippen LogP contribution in [0.4, 0.5) is 0 Å². The summed E-state index contributed by atoms with van der Waals surface area (Å²) < 4.78 is 13.8. The molecule has 0 spiro atoms. The lowest BCUT2D eigenvalue weighted by molar-refractivity contribution is 0.207. The Labute approximate surface area is 214 Å². The number of aliphatic imine (C=N–C) groups is 1. The highest BCUT2D eigenvalue weighted by atomic mass is 127. The van der Waals surface area contributed by atoms with Crippen molar-refractivity contribution in [2.45, 2.75) is 84.0 Å². The summed E-state index contributed by atoms with van der Waals surface area (Å²) >= 11 is 0. The van der Waals surface area contributed by atoms with Gasteiger partial charge in [-0.15, -0.1) is 24.0 Å². The van der Waals surface area contributed by atoms with Crippen molar-refractivity contribution >= 4 is 29.9 Å². The van der Waals surface area contributed by atoms with Gasteiger partial charge in [0.15, 0.2) is 11.8 Å². The lowest BCUT2D eigenvalue weighted by Crippen LogP contribution is -2.47. The third-order valence-corrected chi connectivity index (χ3v) is 6.18. The largest absolute Gasteiger partial charge is 0.497 e. The maximum Gasteiger partial charge on any atom is 0.191 e. The molecule has 1 aromatic carbocycles. The summed E-state index contributed by atoms with van der Waals surface area (Å²) in [6, 6.07) is 6.30. The number of guanidine groups is 1. The molecule has 33 heavy (non-hydrogen) atoms. The van der Waals surface area contributed by atoms with E-state index in [0.29, 0.717) is 12.6 Å². The SMILES string of the molecule is CCNC(=NCc1ccc(OC)cc1OC1CCCC1)NC1CCc2nc(CC)nn2C1.I. The monoisotopic (exact) mass is 568 g/mol. The second kappa shape index (κ2) is 12.4. The molecular formula is C24H37IN6O2. The predicted molar refractivity (Wildman–Crippen MR) is 141 cm³/mol. The summed E-state index contributed by atoms with van der Waals surface area (Å²) in [6.07, 6.45) is 7.84. The van der Waals surface area contributed by atoms with Crippen LogP contribution in [0.25, 0.3) is 0 Å². The molecule has 2 N–H and O–H groups in total. The summed E-state index contributed by atoms with van der Waals surface area (Å²) in [5.74, 6) is 4.53. The molecule has 9 heteroatoms. The topological polar surface area (TPSA) is 85.6 Å². The highest BCUT2D eigenvalue weighted by Gasteiger charge is 2.22. The first-order valence-electron chi connectivity index (χ1n) is 12.0. The highest BCUT2D eigenvalue weighted by Crippen LogP contribution is 2.30. The molecule has 1 unspecified atom stereocenters. The Morgan fingerprint density at radius 2 is 2.03 bits per heavy atom. The van der Waals surface area contributed by atoms with E-state index in [-0.39, 0.29) is 30.0 Å². The van der Waals surface area contributed by atoms with Gasteiger partial charge in [0.1, 0.15) is 17.3 Å². The maximum absolute atomic E-state index is 6.33. The van der Waals surface area contributed by atoms with Crippen LogP contribution in [0.2, 0.25) is 0 Å². The van der Waals surface area contributed by atoms with Gasteiger partial charge in [-0.25, -0.2) is 14.7 Å². The van der Waals surface area contributed by atoms with Gasteiger partial charge >= 0.3 is 0 Å². The summed E-state index contributed by atoms with van der Waals surface area (Å²) in [5, 5.41) is 11.6. The number of nitrogens with one attached hydrogen (secondary N) is 2. The average Bonchev–Trinajstić information content (AvgIpc) is 3.47. The van der Waals surface area contributed by atoms with Gasteiger partial charge in [0.05, 0.1) is 26.3 Å². The summed E-state index contributed by atoms with van der Waals surface area (Å²) in [5.41, 5.74) is 1.07. The third-order valence-electron chi connectivity index (χ3n) is 6.18. The minimum absolute atomic E-state index is 0. The second-order valence-corrected chi connectivity index (χ2v) is 8.55. The van der Waals surface area contributed by atoms with E-state index < -0.39 is 0 Å². The Morgan fingerprint density at radius 3 is 2.76 bits per heavy atom. The van der Waals surface area contributed by atoms with Crippen molar-refractivity contribution in [2.75, 3.05) is 13.7 Å². The van der Waals surface area contributed by atoms with E-state index in [9.17, 15) is 0 Å². The fourth-order valence-corrected chi connectivity index (χ4v) is 4.39. The molecule has 0 saturated heterocycles. The molecule has 1 atom stereocenters. The molecule has 0 radical (unpaired) electrons. The molecule has 0 bridgehead atoms. The summed E-state index contributed by atoms with van der Waals surface area (Å²) in [7, 11) is 1.69. The molecule has 1 aliphatic carbocycles. The van der Waals surface area contributed by atoms with E-state index in [1.807, 2.05) is 16.8 Å². The van der Waals surface area contributed by atoms with Gasteiger partial charge in [0.2, 0.25) is 0 Å². The zero-order valence-corrected chi connectivity index (χ0v) is 22.3.